The summed E-state index contributed by atoms with van der Waals surface area (Å²) < 4.78 is 205. The van der Waals surface area contributed by atoms with Gasteiger partial charge in [0.1, 0.15) is 5.82 Å². The molecule has 0 N–H and O–H groups in total. The Bertz CT molecular complexity index is 764. The van der Waals surface area contributed by atoms with Crippen molar-refractivity contribution in [2.75, 3.05) is 4.43 Å². The third-order valence-electron chi connectivity index (χ3n) is 3.59. The molecular formula is C14H6F16I+. The molecule has 0 bridgehead atoms. The number of hydrogen-bond donors (Lipinski definition) is 0. The summed E-state index contributed by atoms with van der Waals surface area (Å²) in [7, 11) is 0. The summed E-state index contributed by atoms with van der Waals surface area (Å²) in [6, 6.07) is 2.69. The van der Waals surface area contributed by atoms with Crippen LogP contribution in [0.5, 0.6) is 0 Å². The topological polar surface area (TPSA) is 0 Å². The van der Waals surface area contributed by atoms with Crippen LogP contribution in [0.1, 0.15) is 0 Å². The van der Waals surface area contributed by atoms with Crippen molar-refractivity contribution in [3.63, 3.8) is 0 Å². The Morgan fingerprint density at radius 3 is 1.26 bits per heavy atom. The molecule has 0 aromatic heterocycles. The Hall–Kier alpha value is -1.17. The molecule has 0 fully saturated rings. The van der Waals surface area contributed by atoms with Crippen LogP contribution < -0.4 is 21.2 Å². The van der Waals surface area contributed by atoms with Gasteiger partial charge in [0.2, 0.25) is 4.43 Å². The summed E-state index contributed by atoms with van der Waals surface area (Å²) >= 11 is -2.49. The van der Waals surface area contributed by atoms with Gasteiger partial charge in [-0.25, -0.2) is 4.39 Å². The van der Waals surface area contributed by atoms with Crippen LogP contribution >= 0.6 is 0 Å². The SMILES string of the molecule is Fc1ccc([I+]CC(F)(F)C(F)(F)C(F)(F)C(F)(F)C(F)(F)C(F)(F)C(F)(F)F)cc1. The summed E-state index contributed by atoms with van der Waals surface area (Å²) in [5.41, 5.74) is 0. The minimum Gasteiger partial charge on any atom is -0.207 e. The maximum absolute atomic E-state index is 13.6. The Kier molecular flexibility index (Phi) is 7.19. The van der Waals surface area contributed by atoms with Crippen molar-refractivity contribution in [1.82, 2.24) is 0 Å². The lowest BCUT2D eigenvalue weighted by Crippen LogP contribution is -3.63. The highest BCUT2D eigenvalue weighted by Crippen LogP contribution is 2.62. The van der Waals surface area contributed by atoms with Crippen LogP contribution in [0.2, 0.25) is 0 Å². The lowest BCUT2D eigenvalue weighted by atomic mass is 9.91. The summed E-state index contributed by atoms with van der Waals surface area (Å²) in [5, 5.41) is 0. The zero-order valence-electron chi connectivity index (χ0n) is 13.9. The molecule has 0 spiro atoms. The summed E-state index contributed by atoms with van der Waals surface area (Å²) in [6.07, 6.45) is -7.62. The molecule has 0 radical (unpaired) electrons. The number of halogens is 17. The fourth-order valence-corrected chi connectivity index (χ4v) is 4.03. The second-order valence-electron chi connectivity index (χ2n) is 5.78. The van der Waals surface area contributed by atoms with Crippen molar-refractivity contribution in [1.29, 1.82) is 0 Å². The summed E-state index contributed by atoms with van der Waals surface area (Å²) in [5.74, 6) is -47.3. The van der Waals surface area contributed by atoms with Crippen molar-refractivity contribution >= 4 is 0 Å². The maximum atomic E-state index is 13.6. The van der Waals surface area contributed by atoms with Gasteiger partial charge in [0, 0.05) is 0 Å². The van der Waals surface area contributed by atoms with E-state index >= 15 is 0 Å². The molecule has 0 unspecified atom stereocenters. The van der Waals surface area contributed by atoms with Gasteiger partial charge in [-0.15, -0.1) is 0 Å². The van der Waals surface area contributed by atoms with Gasteiger partial charge in [0.05, 0.1) is 0 Å². The molecule has 0 heterocycles. The minimum atomic E-state index is -8.28. The second kappa shape index (κ2) is 8.00. The van der Waals surface area contributed by atoms with Gasteiger partial charge in [-0.2, -0.15) is 65.9 Å². The third-order valence-corrected chi connectivity index (χ3v) is 6.52. The first kappa shape index (κ1) is 27.9. The fraction of sp³-hybridized carbons (Fsp3) is 0.571. The minimum absolute atomic E-state index is 0.334. The van der Waals surface area contributed by atoms with Gasteiger partial charge in [0.25, 0.3) is 0 Å². The number of rotatable bonds is 8. The first-order chi connectivity index (χ1) is 13.5. The van der Waals surface area contributed by atoms with Crippen molar-refractivity contribution < 1.29 is 91.5 Å². The Morgan fingerprint density at radius 2 is 0.871 bits per heavy atom. The monoisotopic (exact) mass is 605 g/mol. The van der Waals surface area contributed by atoms with Crippen LogP contribution in [-0.2, 0) is 0 Å². The first-order valence-corrected chi connectivity index (χ1v) is 9.76. The van der Waals surface area contributed by atoms with Crippen LogP contribution in [0.3, 0.4) is 0 Å². The van der Waals surface area contributed by atoms with Gasteiger partial charge in [-0.3, -0.25) is 0 Å². The van der Waals surface area contributed by atoms with E-state index in [4.69, 9.17) is 0 Å². The zero-order valence-corrected chi connectivity index (χ0v) is 16.1. The summed E-state index contributed by atoms with van der Waals surface area (Å²) in [4.78, 5) is 0. The molecule has 1 aromatic carbocycles. The molecule has 0 saturated heterocycles. The molecule has 1 rings (SSSR count). The predicted octanol–water partition coefficient (Wildman–Crippen LogP) is 3.46. The molecule has 17 heteroatoms. The standard InChI is InChI=1S/C14H6F16I/c15-6-1-3-7(4-2-6)31-5-8(16,17)9(18,19)10(20,21)11(22,23)12(24,25)13(26,27)14(28,29)30/h1-4H,5H2/q+1. The first-order valence-electron chi connectivity index (χ1n) is 7.15. The number of benzene rings is 1. The largest absolute Gasteiger partial charge is 0.460 e. The number of alkyl halides is 16. The lowest BCUT2D eigenvalue weighted by Gasteiger charge is -2.40. The van der Waals surface area contributed by atoms with Gasteiger partial charge < -0.3 is 0 Å². The molecule has 31 heavy (non-hydrogen) atoms. The van der Waals surface area contributed by atoms with E-state index in [1.165, 1.54) is 0 Å². The molecular weight excluding hydrogens is 599 g/mol. The average Bonchev–Trinajstić information content (AvgIpc) is 2.59. The molecule has 0 atom stereocenters. The van der Waals surface area contributed by atoms with E-state index in [9.17, 15) is 70.2 Å². The van der Waals surface area contributed by atoms with E-state index in [0.29, 0.717) is 12.1 Å². The molecule has 0 aliphatic rings. The number of hydrogen-bond acceptors (Lipinski definition) is 0. The van der Waals surface area contributed by atoms with Gasteiger partial charge in [0.15, 0.2) is 3.57 Å². The Balaban J connectivity index is 3.35. The van der Waals surface area contributed by atoms with E-state index in [0.717, 1.165) is 12.1 Å². The third kappa shape index (κ3) is 4.38. The van der Waals surface area contributed by atoms with E-state index in [1.807, 2.05) is 0 Å². The Morgan fingerprint density at radius 1 is 0.516 bits per heavy atom. The quantitative estimate of drug-likeness (QED) is 0.242. The van der Waals surface area contributed by atoms with Crippen LogP contribution in [0.25, 0.3) is 0 Å². The van der Waals surface area contributed by atoms with Crippen LogP contribution in [0.4, 0.5) is 70.2 Å². The van der Waals surface area contributed by atoms with Crippen LogP contribution in [-0.4, -0.2) is 46.1 Å². The van der Waals surface area contributed by atoms with Crippen molar-refractivity contribution in [2.45, 2.75) is 41.7 Å². The smallest absolute Gasteiger partial charge is 0.207 e. The maximum Gasteiger partial charge on any atom is 0.460 e. The highest BCUT2D eigenvalue weighted by molar-refractivity contribution is 5.13. The van der Waals surface area contributed by atoms with E-state index in [1.54, 1.807) is 0 Å². The normalized spacial score (nSPS) is 15.4. The van der Waals surface area contributed by atoms with Gasteiger partial charge in [-0.1, -0.05) is 0 Å². The van der Waals surface area contributed by atoms with Crippen LogP contribution in [0.15, 0.2) is 24.3 Å². The average molecular weight is 605 g/mol. The molecule has 180 valence electrons. The molecule has 1 aromatic rings. The molecule has 0 aliphatic carbocycles. The lowest BCUT2D eigenvalue weighted by molar-refractivity contribution is -0.651. The Labute approximate surface area is 171 Å². The van der Waals surface area contributed by atoms with E-state index in [2.05, 4.69) is 0 Å². The van der Waals surface area contributed by atoms with E-state index in [-0.39, 0.29) is 3.57 Å². The fourth-order valence-electron chi connectivity index (χ4n) is 1.76. The van der Waals surface area contributed by atoms with Gasteiger partial charge in [-0.05, 0) is 24.3 Å². The second-order valence-corrected chi connectivity index (χ2v) is 8.55. The van der Waals surface area contributed by atoms with E-state index < -0.39 is 73.2 Å². The molecule has 0 amide bonds. The van der Waals surface area contributed by atoms with Crippen molar-refractivity contribution in [2.24, 2.45) is 0 Å². The van der Waals surface area contributed by atoms with Crippen molar-refractivity contribution in [3.05, 3.63) is 33.7 Å². The van der Waals surface area contributed by atoms with Crippen molar-refractivity contribution in [3.8, 4) is 0 Å². The highest BCUT2D eigenvalue weighted by Gasteiger charge is 2.93. The van der Waals surface area contributed by atoms with Gasteiger partial charge >= 0.3 is 62.9 Å². The highest BCUT2D eigenvalue weighted by atomic mass is 127. The molecule has 0 saturated carbocycles. The van der Waals surface area contributed by atoms with Crippen LogP contribution in [0, 0.1) is 9.39 Å². The molecule has 0 nitrogen and oxygen atoms in total. The zero-order chi connectivity index (χ0) is 24.9. The summed E-state index contributed by atoms with van der Waals surface area (Å²) in [6.45, 7) is 0. The molecule has 0 aliphatic heterocycles. The predicted molar refractivity (Wildman–Crippen MR) is 65.7 cm³/mol.